The van der Waals surface area contributed by atoms with Gasteiger partial charge in [0.15, 0.2) is 0 Å². The Morgan fingerprint density at radius 1 is 1.17 bits per heavy atom. The molecule has 1 aliphatic heterocycles. The Kier molecular flexibility index (Phi) is 7.35. The van der Waals surface area contributed by atoms with Crippen LogP contribution in [0.4, 0.5) is 0 Å². The third-order valence-electron chi connectivity index (χ3n) is 3.12. The Morgan fingerprint density at radius 2 is 1.78 bits per heavy atom. The first-order chi connectivity index (χ1) is 8.27. The van der Waals surface area contributed by atoms with Crippen molar-refractivity contribution < 1.29 is 4.74 Å². The molecule has 1 N–H and O–H groups in total. The average molecular weight is 311 g/mol. The fraction of sp³-hybridized carbons (Fsp3) is 0.538. The van der Waals surface area contributed by atoms with Gasteiger partial charge in [0.1, 0.15) is 0 Å². The molecule has 0 spiro atoms. The van der Waals surface area contributed by atoms with Gasteiger partial charge in [0, 0.05) is 22.2 Å². The van der Waals surface area contributed by atoms with Crippen LogP contribution in [0.1, 0.15) is 18.4 Å². The molecule has 0 unspecified atom stereocenters. The molecule has 0 amide bonds. The number of piperidine rings is 1. The number of hydrogen-bond acceptors (Lipinski definition) is 2. The smallest absolute Gasteiger partial charge is 0.0746 e. The Balaban J connectivity index is 0.00000162. The van der Waals surface area contributed by atoms with Crippen molar-refractivity contribution >= 4 is 35.6 Å². The first-order valence-corrected chi connectivity index (χ1v) is 6.74. The van der Waals surface area contributed by atoms with E-state index in [4.69, 9.17) is 27.9 Å². The zero-order valence-corrected chi connectivity index (χ0v) is 12.5. The van der Waals surface area contributed by atoms with E-state index in [2.05, 4.69) is 5.32 Å². The zero-order valence-electron chi connectivity index (χ0n) is 10.1. The number of benzene rings is 1. The van der Waals surface area contributed by atoms with Crippen molar-refractivity contribution in [2.24, 2.45) is 5.92 Å². The Labute approximate surface area is 124 Å². The van der Waals surface area contributed by atoms with Crippen LogP contribution in [0.3, 0.4) is 0 Å². The van der Waals surface area contributed by atoms with Crippen molar-refractivity contribution in [3.63, 3.8) is 0 Å². The zero-order chi connectivity index (χ0) is 12.1. The van der Waals surface area contributed by atoms with Gasteiger partial charge in [0.05, 0.1) is 6.61 Å². The maximum Gasteiger partial charge on any atom is 0.0746 e. The van der Waals surface area contributed by atoms with Gasteiger partial charge in [0.2, 0.25) is 0 Å². The Bertz CT molecular complexity index is 347. The maximum atomic E-state index is 6.08. The standard InChI is InChI=1S/C13H17Cl2NO.ClH/c14-12-2-1-3-13(15)11(12)9-17-8-10-4-6-16-7-5-10;/h1-3,10,16H,4-9H2;1H. The van der Waals surface area contributed by atoms with Crippen molar-refractivity contribution in [3.05, 3.63) is 33.8 Å². The molecular formula is C13H18Cl3NO. The second kappa shape index (κ2) is 8.23. The summed E-state index contributed by atoms with van der Waals surface area (Å²) in [6.07, 6.45) is 2.38. The van der Waals surface area contributed by atoms with Gasteiger partial charge < -0.3 is 10.1 Å². The molecule has 2 nitrogen and oxygen atoms in total. The summed E-state index contributed by atoms with van der Waals surface area (Å²) in [6.45, 7) is 3.49. The van der Waals surface area contributed by atoms with Gasteiger partial charge in [0.25, 0.3) is 0 Å². The third kappa shape index (κ3) is 4.60. The molecule has 0 bridgehead atoms. The molecule has 0 aromatic heterocycles. The number of hydrogen-bond donors (Lipinski definition) is 1. The van der Waals surface area contributed by atoms with E-state index < -0.39 is 0 Å². The molecule has 5 heteroatoms. The molecule has 0 saturated carbocycles. The monoisotopic (exact) mass is 309 g/mol. The summed E-state index contributed by atoms with van der Waals surface area (Å²) in [7, 11) is 0. The molecule has 2 rings (SSSR count). The topological polar surface area (TPSA) is 21.3 Å². The number of nitrogens with one attached hydrogen (secondary N) is 1. The van der Waals surface area contributed by atoms with E-state index in [1.165, 1.54) is 12.8 Å². The predicted octanol–water partition coefficient (Wildman–Crippen LogP) is 3.93. The van der Waals surface area contributed by atoms with Gasteiger partial charge >= 0.3 is 0 Å². The van der Waals surface area contributed by atoms with Gasteiger partial charge in [-0.2, -0.15) is 0 Å². The molecule has 0 radical (unpaired) electrons. The fourth-order valence-electron chi connectivity index (χ4n) is 2.05. The van der Waals surface area contributed by atoms with Crippen LogP contribution >= 0.6 is 35.6 Å². The van der Waals surface area contributed by atoms with Crippen LogP contribution in [-0.2, 0) is 11.3 Å². The molecule has 1 aliphatic rings. The van der Waals surface area contributed by atoms with Crippen LogP contribution in [0.25, 0.3) is 0 Å². The van der Waals surface area contributed by atoms with E-state index in [0.29, 0.717) is 22.6 Å². The summed E-state index contributed by atoms with van der Waals surface area (Å²) >= 11 is 12.2. The molecule has 1 heterocycles. The first-order valence-electron chi connectivity index (χ1n) is 5.98. The molecular weight excluding hydrogens is 293 g/mol. The van der Waals surface area contributed by atoms with Gasteiger partial charge in [-0.05, 0) is 44.0 Å². The van der Waals surface area contributed by atoms with Crippen LogP contribution in [-0.4, -0.2) is 19.7 Å². The number of ether oxygens (including phenoxy) is 1. The first kappa shape index (κ1) is 16.1. The molecule has 1 aromatic rings. The molecule has 0 atom stereocenters. The normalized spacial score (nSPS) is 16.3. The number of halogens is 3. The maximum absolute atomic E-state index is 6.08. The van der Waals surface area contributed by atoms with Crippen molar-refractivity contribution in [2.45, 2.75) is 19.4 Å². The van der Waals surface area contributed by atoms with E-state index >= 15 is 0 Å². The summed E-state index contributed by atoms with van der Waals surface area (Å²) in [6, 6.07) is 5.54. The molecule has 0 aliphatic carbocycles. The predicted molar refractivity (Wildman–Crippen MR) is 79.0 cm³/mol. The van der Waals surface area contributed by atoms with Gasteiger partial charge in [-0.15, -0.1) is 12.4 Å². The Hall–Kier alpha value is 0.01000. The SMILES string of the molecule is Cl.Clc1cccc(Cl)c1COCC1CCNCC1. The molecule has 102 valence electrons. The lowest BCUT2D eigenvalue weighted by Crippen LogP contribution is -2.29. The molecule has 18 heavy (non-hydrogen) atoms. The minimum atomic E-state index is 0. The van der Waals surface area contributed by atoms with Crippen LogP contribution in [0.5, 0.6) is 0 Å². The minimum Gasteiger partial charge on any atom is -0.376 e. The van der Waals surface area contributed by atoms with Crippen molar-refractivity contribution in [1.82, 2.24) is 5.32 Å². The summed E-state index contributed by atoms with van der Waals surface area (Å²) in [5, 5.41) is 4.71. The van der Waals surface area contributed by atoms with Gasteiger partial charge in [-0.1, -0.05) is 29.3 Å². The van der Waals surface area contributed by atoms with Crippen LogP contribution in [0.15, 0.2) is 18.2 Å². The Morgan fingerprint density at radius 3 is 2.39 bits per heavy atom. The highest BCUT2D eigenvalue weighted by molar-refractivity contribution is 6.35. The van der Waals surface area contributed by atoms with Crippen molar-refractivity contribution in [1.29, 1.82) is 0 Å². The van der Waals surface area contributed by atoms with Crippen molar-refractivity contribution in [3.8, 4) is 0 Å². The molecule has 1 saturated heterocycles. The molecule has 1 fully saturated rings. The summed E-state index contributed by atoms with van der Waals surface area (Å²) < 4.78 is 5.72. The quantitative estimate of drug-likeness (QED) is 0.910. The summed E-state index contributed by atoms with van der Waals surface area (Å²) in [4.78, 5) is 0. The van der Waals surface area contributed by atoms with Gasteiger partial charge in [-0.25, -0.2) is 0 Å². The lowest BCUT2D eigenvalue weighted by molar-refractivity contribution is 0.0764. The lowest BCUT2D eigenvalue weighted by atomic mass is 9.99. The highest BCUT2D eigenvalue weighted by Gasteiger charge is 2.13. The third-order valence-corrected chi connectivity index (χ3v) is 3.83. The lowest BCUT2D eigenvalue weighted by Gasteiger charge is -2.22. The van der Waals surface area contributed by atoms with Crippen molar-refractivity contribution in [2.75, 3.05) is 19.7 Å². The fourth-order valence-corrected chi connectivity index (χ4v) is 2.55. The molecule has 1 aromatic carbocycles. The largest absolute Gasteiger partial charge is 0.376 e. The van der Waals surface area contributed by atoms with Crippen LogP contribution < -0.4 is 5.32 Å². The summed E-state index contributed by atoms with van der Waals surface area (Å²) in [5.74, 6) is 0.664. The summed E-state index contributed by atoms with van der Waals surface area (Å²) in [5.41, 5.74) is 0.893. The second-order valence-electron chi connectivity index (χ2n) is 4.41. The van der Waals surface area contributed by atoms with E-state index in [0.717, 1.165) is 25.3 Å². The minimum absolute atomic E-state index is 0. The van der Waals surface area contributed by atoms with Gasteiger partial charge in [-0.3, -0.25) is 0 Å². The van der Waals surface area contributed by atoms with Crippen LogP contribution in [0, 0.1) is 5.92 Å². The number of rotatable bonds is 4. The van der Waals surface area contributed by atoms with Crippen LogP contribution in [0.2, 0.25) is 10.0 Å². The highest BCUT2D eigenvalue weighted by Crippen LogP contribution is 2.25. The van der Waals surface area contributed by atoms with E-state index in [-0.39, 0.29) is 12.4 Å². The van der Waals surface area contributed by atoms with E-state index in [1.807, 2.05) is 18.2 Å². The second-order valence-corrected chi connectivity index (χ2v) is 5.22. The highest BCUT2D eigenvalue weighted by atomic mass is 35.5. The average Bonchev–Trinajstić information content (AvgIpc) is 2.34. The van der Waals surface area contributed by atoms with E-state index in [1.54, 1.807) is 0 Å². The van der Waals surface area contributed by atoms with E-state index in [9.17, 15) is 0 Å².